The van der Waals surface area contributed by atoms with Crippen LogP contribution in [0, 0.1) is 11.3 Å². The van der Waals surface area contributed by atoms with Gasteiger partial charge in [0, 0.05) is 11.1 Å². The molecule has 4 N–H and O–H groups in total. The fourth-order valence-corrected chi connectivity index (χ4v) is 4.22. The van der Waals surface area contributed by atoms with E-state index in [1.54, 1.807) is 48.5 Å². The lowest BCUT2D eigenvalue weighted by molar-refractivity contribution is -0.145. The standard InChI is InChI=1S/C33H31N3O4/c1-39-33(38)29(22-24-11-8-12-26(21-24)31(34)35)30(20-15-23-9-4-2-5-10-23)36-32(37)25-16-18-28(19-17-25)40-27-13-6-3-7-14-27/h2-21,29-30H,22H2,1H3,(H3,34,35)(H,36,37)/b20-15+/t29-,30-/m0/s1. The van der Waals surface area contributed by atoms with Crippen molar-refractivity contribution in [1.82, 2.24) is 5.32 Å². The Kier molecular flexibility index (Phi) is 9.45. The topological polar surface area (TPSA) is 115 Å². The van der Waals surface area contributed by atoms with Gasteiger partial charge in [0.1, 0.15) is 17.3 Å². The summed E-state index contributed by atoms with van der Waals surface area (Å²) in [7, 11) is 1.33. The minimum absolute atomic E-state index is 0.0648. The van der Waals surface area contributed by atoms with Gasteiger partial charge in [-0.15, -0.1) is 0 Å². The Morgan fingerprint density at radius 1 is 0.850 bits per heavy atom. The van der Waals surface area contributed by atoms with Crippen LogP contribution in [0.3, 0.4) is 0 Å². The summed E-state index contributed by atoms with van der Waals surface area (Å²) in [6, 6.07) is 32.2. The van der Waals surface area contributed by atoms with Crippen molar-refractivity contribution in [2.24, 2.45) is 11.7 Å². The van der Waals surface area contributed by atoms with E-state index in [4.69, 9.17) is 20.6 Å². The molecule has 0 aliphatic carbocycles. The van der Waals surface area contributed by atoms with Gasteiger partial charge >= 0.3 is 5.97 Å². The van der Waals surface area contributed by atoms with E-state index in [0.29, 0.717) is 22.6 Å². The minimum Gasteiger partial charge on any atom is -0.469 e. The Labute approximate surface area is 233 Å². The largest absolute Gasteiger partial charge is 0.469 e. The molecule has 0 heterocycles. The van der Waals surface area contributed by atoms with E-state index in [0.717, 1.165) is 11.1 Å². The Morgan fingerprint density at radius 3 is 2.15 bits per heavy atom. The number of nitrogens with two attached hydrogens (primary N) is 1. The third-order valence-corrected chi connectivity index (χ3v) is 6.32. The molecule has 4 rings (SSSR count). The molecular formula is C33H31N3O4. The summed E-state index contributed by atoms with van der Waals surface area (Å²) in [6.45, 7) is 0. The van der Waals surface area contributed by atoms with E-state index < -0.39 is 17.9 Å². The van der Waals surface area contributed by atoms with E-state index in [-0.39, 0.29) is 18.2 Å². The van der Waals surface area contributed by atoms with Crippen LogP contribution in [-0.4, -0.2) is 30.9 Å². The van der Waals surface area contributed by atoms with Crippen molar-refractivity contribution in [3.8, 4) is 11.5 Å². The first-order valence-corrected chi connectivity index (χ1v) is 12.8. The van der Waals surface area contributed by atoms with Gasteiger partial charge in [-0.3, -0.25) is 15.0 Å². The fraction of sp³-hybridized carbons (Fsp3) is 0.121. The van der Waals surface area contributed by atoms with Crippen LogP contribution in [0.5, 0.6) is 11.5 Å². The summed E-state index contributed by atoms with van der Waals surface area (Å²) in [5.41, 5.74) is 8.35. The van der Waals surface area contributed by atoms with Crippen molar-refractivity contribution in [2.75, 3.05) is 7.11 Å². The van der Waals surface area contributed by atoms with Crippen LogP contribution in [0.25, 0.3) is 6.08 Å². The first-order valence-electron chi connectivity index (χ1n) is 12.8. The zero-order valence-corrected chi connectivity index (χ0v) is 22.1. The average Bonchev–Trinajstić information content (AvgIpc) is 2.99. The molecule has 202 valence electrons. The lowest BCUT2D eigenvalue weighted by Crippen LogP contribution is -2.43. The van der Waals surface area contributed by atoms with Crippen molar-refractivity contribution < 1.29 is 19.1 Å². The number of ether oxygens (including phenoxy) is 2. The Bertz CT molecular complexity index is 1470. The second-order valence-electron chi connectivity index (χ2n) is 9.16. The van der Waals surface area contributed by atoms with E-state index in [1.165, 1.54) is 7.11 Å². The summed E-state index contributed by atoms with van der Waals surface area (Å²) >= 11 is 0. The second-order valence-corrected chi connectivity index (χ2v) is 9.16. The summed E-state index contributed by atoms with van der Waals surface area (Å²) in [4.78, 5) is 26.4. The molecule has 0 saturated heterocycles. The van der Waals surface area contributed by atoms with Gasteiger partial charge < -0.3 is 20.5 Å². The van der Waals surface area contributed by atoms with Gasteiger partial charge in [0.15, 0.2) is 0 Å². The molecule has 0 unspecified atom stereocenters. The molecule has 7 heteroatoms. The van der Waals surface area contributed by atoms with Crippen molar-refractivity contribution in [3.05, 3.63) is 138 Å². The molecule has 0 bridgehead atoms. The minimum atomic E-state index is -0.739. The number of methoxy groups -OCH3 is 1. The molecule has 0 saturated carbocycles. The number of nitrogen functional groups attached to an aromatic ring is 1. The lowest BCUT2D eigenvalue weighted by atomic mass is 9.90. The molecule has 7 nitrogen and oxygen atoms in total. The zero-order valence-electron chi connectivity index (χ0n) is 22.1. The number of esters is 1. The number of hydrogen-bond donors (Lipinski definition) is 3. The SMILES string of the molecule is COC(=O)[C@@H](Cc1cccc(C(=N)N)c1)[C@H](/C=C/c1ccccc1)NC(=O)c1ccc(Oc2ccccc2)cc1. The van der Waals surface area contributed by atoms with Crippen molar-refractivity contribution in [3.63, 3.8) is 0 Å². The highest BCUT2D eigenvalue weighted by atomic mass is 16.5. The summed E-state index contributed by atoms with van der Waals surface area (Å²) < 4.78 is 11.0. The van der Waals surface area contributed by atoms with Crippen LogP contribution < -0.4 is 15.8 Å². The monoisotopic (exact) mass is 533 g/mol. The van der Waals surface area contributed by atoms with Gasteiger partial charge in [-0.1, -0.05) is 78.9 Å². The molecule has 1 amide bonds. The van der Waals surface area contributed by atoms with Crippen molar-refractivity contribution in [1.29, 1.82) is 5.41 Å². The number of nitrogens with one attached hydrogen (secondary N) is 2. The number of carbonyl (C=O) groups excluding carboxylic acids is 2. The van der Waals surface area contributed by atoms with Crippen LogP contribution in [-0.2, 0) is 16.0 Å². The van der Waals surface area contributed by atoms with Crippen molar-refractivity contribution in [2.45, 2.75) is 12.5 Å². The van der Waals surface area contributed by atoms with Crippen LogP contribution in [0.15, 0.2) is 115 Å². The van der Waals surface area contributed by atoms with Gasteiger partial charge in [-0.05, 0) is 60.0 Å². The van der Waals surface area contributed by atoms with Gasteiger partial charge in [0.25, 0.3) is 5.91 Å². The first kappa shape index (κ1) is 27.9. The number of benzene rings is 4. The fourth-order valence-electron chi connectivity index (χ4n) is 4.22. The first-order chi connectivity index (χ1) is 19.4. The average molecular weight is 534 g/mol. The maximum absolute atomic E-state index is 13.4. The smallest absolute Gasteiger partial charge is 0.311 e. The zero-order chi connectivity index (χ0) is 28.3. The van der Waals surface area contributed by atoms with Gasteiger partial charge in [-0.2, -0.15) is 0 Å². The molecule has 0 aliphatic rings. The number of para-hydroxylation sites is 1. The highest BCUT2D eigenvalue weighted by Crippen LogP contribution is 2.22. The maximum atomic E-state index is 13.4. The molecule has 0 radical (unpaired) electrons. The molecule has 4 aromatic rings. The van der Waals surface area contributed by atoms with Crippen LogP contribution in [0.2, 0.25) is 0 Å². The number of amidine groups is 1. The summed E-state index contributed by atoms with van der Waals surface area (Å²) in [5, 5.41) is 10.8. The Hall–Kier alpha value is -5.17. The second kappa shape index (κ2) is 13.6. The number of hydrogen-bond acceptors (Lipinski definition) is 5. The molecule has 0 aliphatic heterocycles. The summed E-state index contributed by atoms with van der Waals surface area (Å²) in [6.07, 6.45) is 3.93. The van der Waals surface area contributed by atoms with Gasteiger partial charge in [0.05, 0.1) is 19.1 Å². The normalized spacial score (nSPS) is 12.3. The Morgan fingerprint density at radius 2 is 1.50 bits per heavy atom. The highest BCUT2D eigenvalue weighted by Gasteiger charge is 2.30. The molecule has 0 fully saturated rings. The van der Waals surface area contributed by atoms with E-state index in [2.05, 4.69) is 5.32 Å². The van der Waals surface area contributed by atoms with E-state index in [1.807, 2.05) is 72.8 Å². The maximum Gasteiger partial charge on any atom is 0.311 e. The molecule has 2 atom stereocenters. The van der Waals surface area contributed by atoms with Gasteiger partial charge in [-0.25, -0.2) is 0 Å². The molecule has 40 heavy (non-hydrogen) atoms. The molecule has 0 aromatic heterocycles. The van der Waals surface area contributed by atoms with E-state index in [9.17, 15) is 9.59 Å². The Balaban J connectivity index is 1.59. The van der Waals surface area contributed by atoms with E-state index >= 15 is 0 Å². The third kappa shape index (κ3) is 7.68. The number of rotatable bonds is 11. The number of carbonyl (C=O) groups is 2. The quantitative estimate of drug-likeness (QED) is 0.132. The molecule has 4 aromatic carbocycles. The predicted molar refractivity (Wildman–Crippen MR) is 156 cm³/mol. The van der Waals surface area contributed by atoms with Gasteiger partial charge in [0.2, 0.25) is 0 Å². The predicted octanol–water partition coefficient (Wildman–Crippen LogP) is 5.61. The van der Waals surface area contributed by atoms with Crippen LogP contribution in [0.4, 0.5) is 0 Å². The molecular weight excluding hydrogens is 502 g/mol. The van der Waals surface area contributed by atoms with Crippen LogP contribution >= 0.6 is 0 Å². The van der Waals surface area contributed by atoms with Crippen molar-refractivity contribution >= 4 is 23.8 Å². The van der Waals surface area contributed by atoms with Crippen LogP contribution in [0.1, 0.15) is 27.0 Å². The highest BCUT2D eigenvalue weighted by molar-refractivity contribution is 5.95. The number of amides is 1. The third-order valence-electron chi connectivity index (χ3n) is 6.32. The lowest BCUT2D eigenvalue weighted by Gasteiger charge is -2.24. The molecule has 0 spiro atoms. The summed E-state index contributed by atoms with van der Waals surface area (Å²) in [5.74, 6) is -0.327.